The first kappa shape index (κ1) is 58.3. The van der Waals surface area contributed by atoms with Gasteiger partial charge in [0, 0.05) is 32.4 Å². The number of carboxylic acids is 1. The van der Waals surface area contributed by atoms with Crippen molar-refractivity contribution in [2.75, 3.05) is 26.3 Å². The summed E-state index contributed by atoms with van der Waals surface area (Å²) < 4.78 is 0. The number of aliphatic hydroxyl groups is 4. The van der Waals surface area contributed by atoms with E-state index in [-0.39, 0.29) is 50.9 Å². The average Bonchev–Trinajstić information content (AvgIpc) is 4.02. The summed E-state index contributed by atoms with van der Waals surface area (Å²) in [6, 6.07) is -8.72. The molecule has 0 saturated carbocycles. The number of aromatic hydroxyl groups is 1. The van der Waals surface area contributed by atoms with Crippen molar-refractivity contribution in [3.8, 4) is 5.75 Å². The highest BCUT2D eigenvalue weighted by Gasteiger charge is 2.45. The molecule has 71 heavy (non-hydrogen) atoms. The maximum Gasteiger partial charge on any atom is 0.328 e. The fourth-order valence-corrected chi connectivity index (χ4v) is 7.79. The van der Waals surface area contributed by atoms with E-state index in [9.17, 15) is 83.4 Å². The zero-order valence-corrected chi connectivity index (χ0v) is 39.2. The van der Waals surface area contributed by atoms with E-state index < -0.39 is 158 Å². The van der Waals surface area contributed by atoms with Crippen LogP contribution in [0.25, 0.3) is 0 Å². The molecule has 0 spiro atoms. The van der Waals surface area contributed by atoms with E-state index in [1.54, 1.807) is 0 Å². The van der Waals surface area contributed by atoms with Crippen molar-refractivity contribution in [3.05, 3.63) is 29.8 Å². The number of nitrogens with two attached hydrogens (primary N) is 3. The molecule has 1 aromatic rings. The summed E-state index contributed by atoms with van der Waals surface area (Å²) in [6.45, 7) is 0.173. The number of nitrogens with one attached hydrogen (secondary N) is 6. The lowest BCUT2D eigenvalue weighted by molar-refractivity contribution is -0.150. The molecule has 0 aliphatic carbocycles. The van der Waals surface area contributed by atoms with Gasteiger partial charge < -0.3 is 89.5 Å². The molecule has 0 aromatic heterocycles. The Morgan fingerprint density at radius 2 is 1.08 bits per heavy atom. The van der Waals surface area contributed by atoms with Crippen LogP contribution in [-0.4, -0.2) is 198 Å². The number of likely N-dealkylation sites (tertiary alicyclic amines) is 2. The highest BCUT2D eigenvalue weighted by atomic mass is 16.4. The average molecular weight is 1010 g/mol. The summed E-state index contributed by atoms with van der Waals surface area (Å²) in [7, 11) is 0. The number of phenols is 1. The second-order valence-electron chi connectivity index (χ2n) is 17.3. The van der Waals surface area contributed by atoms with Crippen LogP contribution in [0.2, 0.25) is 0 Å². The summed E-state index contributed by atoms with van der Waals surface area (Å²) in [5.74, 6) is -11.3. The Bertz CT molecular complexity index is 2110. The smallest absolute Gasteiger partial charge is 0.328 e. The second-order valence-corrected chi connectivity index (χ2v) is 17.3. The number of carboxylic acid groups (broad SMARTS) is 1. The number of carbonyl (C=O) groups excluding carboxylic acids is 10. The molecule has 2 aliphatic heterocycles. The van der Waals surface area contributed by atoms with Gasteiger partial charge in [0.1, 0.15) is 48.0 Å². The van der Waals surface area contributed by atoms with Crippen molar-refractivity contribution in [1.29, 1.82) is 0 Å². The first-order valence-corrected chi connectivity index (χ1v) is 22.7. The molecule has 18 N–H and O–H groups in total. The van der Waals surface area contributed by atoms with Crippen LogP contribution in [0.15, 0.2) is 24.3 Å². The first-order valence-electron chi connectivity index (χ1n) is 22.7. The normalized spacial score (nSPS) is 19.3. The van der Waals surface area contributed by atoms with Crippen LogP contribution in [0.5, 0.6) is 5.75 Å². The van der Waals surface area contributed by atoms with Gasteiger partial charge in [-0.3, -0.25) is 47.9 Å². The molecule has 2 saturated heterocycles. The van der Waals surface area contributed by atoms with Crippen molar-refractivity contribution in [3.63, 3.8) is 0 Å². The number of aliphatic carboxylic acids is 1. The van der Waals surface area contributed by atoms with E-state index in [2.05, 4.69) is 31.9 Å². The van der Waals surface area contributed by atoms with Crippen molar-refractivity contribution < 1.29 is 83.4 Å². The number of carbonyl (C=O) groups is 11. The number of amides is 10. The van der Waals surface area contributed by atoms with Gasteiger partial charge >= 0.3 is 5.97 Å². The Labute approximate surface area is 406 Å². The van der Waals surface area contributed by atoms with Gasteiger partial charge in [-0.25, -0.2) is 4.79 Å². The SMILES string of the molecule is C[C@@H](O)[C@H](NC(=O)[C@@H]1CCCN1C(=O)[C@@H]1CCCN1C(=O)[C@@H](NC(=O)[C@H](CO)NC(=O)[C@H](Cc1ccc(O)cc1)NC(=O)[C@H](CO)NC(=O)[C@H](CCC(N)=O)NC(=O)[C@@H](N)CCC(N)=O)[C@@H](C)O)C(=O)O. The second kappa shape index (κ2) is 27.4. The Balaban J connectivity index is 1.79. The van der Waals surface area contributed by atoms with Crippen molar-refractivity contribution in [1.82, 2.24) is 41.7 Å². The zero-order valence-electron chi connectivity index (χ0n) is 39.2. The van der Waals surface area contributed by atoms with E-state index in [1.165, 1.54) is 36.1 Å². The minimum absolute atomic E-state index is 0.0223. The number of hydrogen-bond donors (Lipinski definition) is 15. The van der Waals surface area contributed by atoms with Gasteiger partial charge in [-0.2, -0.15) is 0 Å². The topological polar surface area (TPSA) is 466 Å². The Hall–Kier alpha value is -7.01. The monoisotopic (exact) mass is 1010 g/mol. The molecular weight excluding hydrogens is 943 g/mol. The highest BCUT2D eigenvalue weighted by molar-refractivity contribution is 5.99. The lowest BCUT2D eigenvalue weighted by Crippen LogP contribution is -2.62. The summed E-state index contributed by atoms with van der Waals surface area (Å²) in [5.41, 5.74) is 16.5. The summed E-state index contributed by atoms with van der Waals surface area (Å²) >= 11 is 0. The molecule has 2 aliphatic rings. The van der Waals surface area contributed by atoms with Crippen molar-refractivity contribution >= 4 is 65.0 Å². The molecule has 11 atom stereocenters. The summed E-state index contributed by atoms with van der Waals surface area (Å²) in [5, 5.41) is 74.0. The Kier molecular flexibility index (Phi) is 22.5. The maximum absolute atomic E-state index is 14.0. The quantitative estimate of drug-likeness (QED) is 0.0389. The Morgan fingerprint density at radius 1 is 0.620 bits per heavy atom. The van der Waals surface area contributed by atoms with Crippen molar-refractivity contribution in [2.45, 2.75) is 138 Å². The molecule has 3 rings (SSSR count). The number of benzene rings is 1. The van der Waals surface area contributed by atoms with Gasteiger partial charge in [0.25, 0.3) is 0 Å². The van der Waals surface area contributed by atoms with Gasteiger partial charge in [-0.15, -0.1) is 0 Å². The predicted octanol–water partition coefficient (Wildman–Crippen LogP) is -7.49. The maximum atomic E-state index is 14.0. The van der Waals surface area contributed by atoms with E-state index in [0.29, 0.717) is 18.4 Å². The number of phenolic OH excluding ortho intramolecular Hbond substituents is 1. The predicted molar refractivity (Wildman–Crippen MR) is 243 cm³/mol. The molecular formula is C43H65N11O17. The molecule has 0 unspecified atom stereocenters. The van der Waals surface area contributed by atoms with Crippen LogP contribution in [0.4, 0.5) is 0 Å². The first-order chi connectivity index (χ1) is 33.4. The molecule has 2 fully saturated rings. The summed E-state index contributed by atoms with van der Waals surface area (Å²) in [6.07, 6.45) is -3.85. The van der Waals surface area contributed by atoms with Gasteiger partial charge in [0.15, 0.2) is 6.04 Å². The molecule has 0 radical (unpaired) electrons. The number of primary amides is 2. The standard InChI is InChI=1S/C43H65N11O17/c1-20(57)33(42(69)54-16-4-6-30(54)41(68)53-15-3-5-29(53)40(67)52-34(21(2)58)43(70)71)51-39(66)28(19-56)50-37(64)26(17-22-7-9-23(59)10-8-22)48-38(65)27(18-55)49-36(63)25(12-14-32(46)61)47-35(62)24(44)11-13-31(45)60/h7-10,20-21,24-30,33-34,55-59H,3-6,11-19,44H2,1-2H3,(H2,45,60)(H2,46,61)(H,47,62)(H,48,65)(H,49,63)(H,50,64)(H,51,66)(H,52,67)(H,70,71)/t20-,21-,24+,25+,26+,27+,28+,29+,30+,33+,34+/m1/s1. The van der Waals surface area contributed by atoms with Crippen LogP contribution in [0.1, 0.15) is 70.8 Å². The third-order valence-electron chi connectivity index (χ3n) is 11.7. The molecule has 394 valence electrons. The summed E-state index contributed by atoms with van der Waals surface area (Å²) in [4.78, 5) is 145. The van der Waals surface area contributed by atoms with Crippen LogP contribution in [-0.2, 0) is 59.2 Å². The fraction of sp³-hybridized carbons (Fsp3) is 0.605. The van der Waals surface area contributed by atoms with E-state index in [0.717, 1.165) is 11.8 Å². The highest BCUT2D eigenvalue weighted by Crippen LogP contribution is 2.26. The Morgan fingerprint density at radius 3 is 1.61 bits per heavy atom. The van der Waals surface area contributed by atoms with Crippen LogP contribution in [0, 0.1) is 0 Å². The lowest BCUT2D eigenvalue weighted by atomic mass is 10.0. The van der Waals surface area contributed by atoms with Crippen LogP contribution >= 0.6 is 0 Å². The molecule has 2 heterocycles. The molecule has 28 heteroatoms. The van der Waals surface area contributed by atoms with Gasteiger partial charge in [0.2, 0.25) is 59.1 Å². The van der Waals surface area contributed by atoms with Crippen LogP contribution < -0.4 is 49.1 Å². The lowest BCUT2D eigenvalue weighted by Gasteiger charge is -2.34. The third kappa shape index (κ3) is 17.1. The fourth-order valence-electron chi connectivity index (χ4n) is 7.79. The number of aliphatic hydroxyl groups excluding tert-OH is 4. The van der Waals surface area contributed by atoms with E-state index in [4.69, 9.17) is 17.2 Å². The molecule has 28 nitrogen and oxygen atoms in total. The van der Waals surface area contributed by atoms with Crippen LogP contribution in [0.3, 0.4) is 0 Å². The van der Waals surface area contributed by atoms with Gasteiger partial charge in [-0.05, 0) is 70.1 Å². The minimum Gasteiger partial charge on any atom is -0.508 e. The number of rotatable bonds is 27. The molecule has 0 bridgehead atoms. The third-order valence-corrected chi connectivity index (χ3v) is 11.7. The largest absolute Gasteiger partial charge is 0.508 e. The van der Waals surface area contributed by atoms with Gasteiger partial charge in [0.05, 0.1) is 31.5 Å². The van der Waals surface area contributed by atoms with E-state index in [1.807, 2.05) is 0 Å². The number of hydrogen-bond acceptors (Lipinski definition) is 17. The number of nitrogens with zero attached hydrogens (tertiary/aromatic N) is 2. The van der Waals surface area contributed by atoms with Crippen molar-refractivity contribution in [2.24, 2.45) is 17.2 Å². The molecule has 1 aromatic carbocycles. The molecule has 10 amide bonds. The van der Waals surface area contributed by atoms with Gasteiger partial charge in [-0.1, -0.05) is 12.1 Å². The zero-order chi connectivity index (χ0) is 53.3. The van der Waals surface area contributed by atoms with E-state index >= 15 is 0 Å². The minimum atomic E-state index is -1.87.